The summed E-state index contributed by atoms with van der Waals surface area (Å²) in [6.45, 7) is 9.66. The summed E-state index contributed by atoms with van der Waals surface area (Å²) in [5.74, 6) is 2.41. The van der Waals surface area contributed by atoms with Gasteiger partial charge in [-0.25, -0.2) is 9.98 Å². The smallest absolute Gasteiger partial charge is 0.225 e. The van der Waals surface area contributed by atoms with Crippen molar-refractivity contribution in [2.45, 2.75) is 64.6 Å². The molecule has 2 unspecified atom stereocenters. The lowest BCUT2D eigenvalue weighted by Crippen LogP contribution is -2.45. The van der Waals surface area contributed by atoms with E-state index in [0.29, 0.717) is 12.5 Å². The number of ether oxygens (including phenoxy) is 1. The van der Waals surface area contributed by atoms with E-state index in [-0.39, 0.29) is 18.1 Å². The standard InChI is InChI=1S/C24H38N6O2/c1-3-25-24(28-21-10-11-30(17-21)23(31)20-6-4-5-7-20)27-15-19-8-9-22(26-14-19)29-12-13-32-18(2)16-29/h8-9,14,18,20-21H,3-7,10-13,15-17H2,1-2H3,(H2,25,27,28). The number of nitrogens with one attached hydrogen (secondary N) is 2. The van der Waals surface area contributed by atoms with Gasteiger partial charge in [0.05, 0.1) is 19.3 Å². The fraction of sp³-hybridized carbons (Fsp3) is 0.708. The second-order valence-electron chi connectivity index (χ2n) is 9.24. The number of nitrogens with zero attached hydrogens (tertiary/aromatic N) is 4. The maximum Gasteiger partial charge on any atom is 0.225 e. The van der Waals surface area contributed by atoms with Gasteiger partial charge < -0.3 is 25.2 Å². The highest BCUT2D eigenvalue weighted by atomic mass is 16.5. The number of likely N-dealkylation sites (tertiary alicyclic amines) is 1. The average Bonchev–Trinajstić information content (AvgIpc) is 3.50. The largest absolute Gasteiger partial charge is 0.375 e. The average molecular weight is 443 g/mol. The van der Waals surface area contributed by atoms with Crippen molar-refractivity contribution in [3.63, 3.8) is 0 Å². The Morgan fingerprint density at radius 1 is 1.22 bits per heavy atom. The van der Waals surface area contributed by atoms with E-state index >= 15 is 0 Å². The Labute approximate surface area is 191 Å². The van der Waals surface area contributed by atoms with Crippen LogP contribution in [0.3, 0.4) is 0 Å². The number of amides is 1. The van der Waals surface area contributed by atoms with Crippen molar-refractivity contribution < 1.29 is 9.53 Å². The number of hydrogen-bond donors (Lipinski definition) is 2. The summed E-state index contributed by atoms with van der Waals surface area (Å²) in [5.41, 5.74) is 1.08. The molecule has 2 atom stereocenters. The van der Waals surface area contributed by atoms with E-state index in [0.717, 1.165) is 75.9 Å². The van der Waals surface area contributed by atoms with Crippen LogP contribution >= 0.6 is 0 Å². The third-order valence-corrected chi connectivity index (χ3v) is 6.68. The molecule has 1 saturated carbocycles. The van der Waals surface area contributed by atoms with Gasteiger partial charge in [0.25, 0.3) is 0 Å². The predicted octanol–water partition coefficient (Wildman–Crippen LogP) is 2.15. The topological polar surface area (TPSA) is 82.1 Å². The van der Waals surface area contributed by atoms with Crippen LogP contribution in [-0.4, -0.2) is 73.2 Å². The van der Waals surface area contributed by atoms with Crippen LogP contribution in [0.1, 0.15) is 51.5 Å². The lowest BCUT2D eigenvalue weighted by atomic mass is 10.1. The van der Waals surface area contributed by atoms with Crippen molar-refractivity contribution in [1.29, 1.82) is 0 Å². The molecule has 4 rings (SSSR count). The Morgan fingerprint density at radius 2 is 2.06 bits per heavy atom. The number of morpholine rings is 1. The Kier molecular flexibility index (Phi) is 7.84. The highest BCUT2D eigenvalue weighted by Gasteiger charge is 2.32. The first-order valence-corrected chi connectivity index (χ1v) is 12.3. The second kappa shape index (κ2) is 11.0. The van der Waals surface area contributed by atoms with E-state index in [1.54, 1.807) is 0 Å². The zero-order valence-electron chi connectivity index (χ0n) is 19.6. The highest BCUT2D eigenvalue weighted by molar-refractivity contribution is 5.81. The second-order valence-corrected chi connectivity index (χ2v) is 9.24. The van der Waals surface area contributed by atoms with Gasteiger partial charge in [0, 0.05) is 50.9 Å². The maximum atomic E-state index is 12.7. The fourth-order valence-corrected chi connectivity index (χ4v) is 4.92. The first-order chi connectivity index (χ1) is 15.6. The predicted molar refractivity (Wildman–Crippen MR) is 127 cm³/mol. The first-order valence-electron chi connectivity index (χ1n) is 12.3. The molecule has 0 spiro atoms. The zero-order valence-corrected chi connectivity index (χ0v) is 19.6. The van der Waals surface area contributed by atoms with Gasteiger partial charge in [-0.2, -0.15) is 0 Å². The molecular weight excluding hydrogens is 404 g/mol. The van der Waals surface area contributed by atoms with Crippen molar-refractivity contribution in [3.05, 3.63) is 23.9 Å². The molecule has 0 bridgehead atoms. The molecule has 3 heterocycles. The number of rotatable bonds is 6. The summed E-state index contributed by atoms with van der Waals surface area (Å²) in [7, 11) is 0. The Bertz CT molecular complexity index is 777. The molecule has 1 aromatic rings. The molecule has 1 amide bonds. The van der Waals surface area contributed by atoms with Crippen LogP contribution < -0.4 is 15.5 Å². The maximum absolute atomic E-state index is 12.7. The summed E-state index contributed by atoms with van der Waals surface area (Å²) < 4.78 is 5.62. The van der Waals surface area contributed by atoms with Crippen LogP contribution in [0.5, 0.6) is 0 Å². The van der Waals surface area contributed by atoms with Gasteiger partial charge in [0.15, 0.2) is 5.96 Å². The van der Waals surface area contributed by atoms with E-state index in [2.05, 4.69) is 46.5 Å². The van der Waals surface area contributed by atoms with Crippen LogP contribution in [0.25, 0.3) is 0 Å². The number of carbonyl (C=O) groups is 1. The molecule has 8 nitrogen and oxygen atoms in total. The quantitative estimate of drug-likeness (QED) is 0.519. The minimum atomic E-state index is 0.239. The van der Waals surface area contributed by atoms with Gasteiger partial charge in [0.1, 0.15) is 5.82 Å². The third kappa shape index (κ3) is 5.91. The summed E-state index contributed by atoms with van der Waals surface area (Å²) in [5, 5.41) is 6.87. The van der Waals surface area contributed by atoms with Crippen LogP contribution in [0.15, 0.2) is 23.3 Å². The molecule has 8 heteroatoms. The monoisotopic (exact) mass is 442 g/mol. The molecule has 32 heavy (non-hydrogen) atoms. The number of hydrogen-bond acceptors (Lipinski definition) is 5. The third-order valence-electron chi connectivity index (χ3n) is 6.68. The lowest BCUT2D eigenvalue weighted by Gasteiger charge is -2.32. The molecule has 176 valence electrons. The van der Waals surface area contributed by atoms with E-state index in [4.69, 9.17) is 9.73 Å². The Balaban J connectivity index is 1.29. The number of anilines is 1. The number of carbonyl (C=O) groups excluding carboxylic acids is 1. The van der Waals surface area contributed by atoms with Crippen molar-refractivity contribution in [1.82, 2.24) is 20.5 Å². The SMILES string of the molecule is CCNC(=NCc1ccc(N2CCOC(C)C2)nc1)NC1CCN(C(=O)C2CCCC2)C1. The summed E-state index contributed by atoms with van der Waals surface area (Å²) >= 11 is 0. The number of guanidine groups is 1. The molecule has 0 aromatic carbocycles. The highest BCUT2D eigenvalue weighted by Crippen LogP contribution is 2.27. The van der Waals surface area contributed by atoms with Crippen molar-refractivity contribution in [2.75, 3.05) is 44.2 Å². The van der Waals surface area contributed by atoms with Gasteiger partial charge in [-0.1, -0.05) is 18.9 Å². The van der Waals surface area contributed by atoms with Gasteiger partial charge in [-0.3, -0.25) is 4.79 Å². The Hall–Kier alpha value is -2.35. The summed E-state index contributed by atoms with van der Waals surface area (Å²) in [6.07, 6.45) is 7.65. The van der Waals surface area contributed by atoms with E-state index in [9.17, 15) is 4.79 Å². The van der Waals surface area contributed by atoms with Crippen LogP contribution in [0.4, 0.5) is 5.82 Å². The Morgan fingerprint density at radius 3 is 2.78 bits per heavy atom. The molecule has 0 radical (unpaired) electrons. The molecule has 3 aliphatic rings. The van der Waals surface area contributed by atoms with Gasteiger partial charge in [-0.15, -0.1) is 0 Å². The molecule has 2 N–H and O–H groups in total. The number of aliphatic imine (C=N–C) groups is 1. The van der Waals surface area contributed by atoms with Crippen LogP contribution in [0, 0.1) is 5.92 Å². The summed E-state index contributed by atoms with van der Waals surface area (Å²) in [6, 6.07) is 4.43. The van der Waals surface area contributed by atoms with E-state index < -0.39 is 0 Å². The van der Waals surface area contributed by atoms with Crippen molar-refractivity contribution in [2.24, 2.45) is 10.9 Å². The first kappa shape index (κ1) is 22.8. The van der Waals surface area contributed by atoms with Gasteiger partial charge >= 0.3 is 0 Å². The van der Waals surface area contributed by atoms with Crippen molar-refractivity contribution in [3.8, 4) is 0 Å². The van der Waals surface area contributed by atoms with Crippen LogP contribution in [0.2, 0.25) is 0 Å². The zero-order chi connectivity index (χ0) is 22.3. The lowest BCUT2D eigenvalue weighted by molar-refractivity contribution is -0.134. The molecule has 1 aromatic heterocycles. The van der Waals surface area contributed by atoms with E-state index in [1.165, 1.54) is 12.8 Å². The molecule has 1 aliphatic carbocycles. The molecular formula is C24H38N6O2. The number of aromatic nitrogens is 1. The van der Waals surface area contributed by atoms with Gasteiger partial charge in [-0.05, 0) is 44.7 Å². The minimum absolute atomic E-state index is 0.239. The van der Waals surface area contributed by atoms with Crippen LogP contribution in [-0.2, 0) is 16.1 Å². The minimum Gasteiger partial charge on any atom is -0.375 e. The molecule has 3 fully saturated rings. The normalized spacial score (nSPS) is 24.8. The van der Waals surface area contributed by atoms with E-state index in [1.807, 2.05) is 11.1 Å². The fourth-order valence-electron chi connectivity index (χ4n) is 4.92. The molecule has 2 aliphatic heterocycles. The molecule has 2 saturated heterocycles. The van der Waals surface area contributed by atoms with Gasteiger partial charge in [0.2, 0.25) is 5.91 Å². The summed E-state index contributed by atoms with van der Waals surface area (Å²) in [4.78, 5) is 26.4. The number of pyridine rings is 1. The van der Waals surface area contributed by atoms with Crippen molar-refractivity contribution >= 4 is 17.7 Å².